The van der Waals surface area contributed by atoms with E-state index >= 15 is 0 Å². The summed E-state index contributed by atoms with van der Waals surface area (Å²) >= 11 is 13.4. The number of aromatic nitrogens is 8. The quantitative estimate of drug-likeness (QED) is 0.0395. The van der Waals surface area contributed by atoms with Gasteiger partial charge in [-0.25, -0.2) is 9.97 Å². The van der Waals surface area contributed by atoms with E-state index in [0.29, 0.717) is 55.4 Å². The van der Waals surface area contributed by atoms with Gasteiger partial charge >= 0.3 is 0 Å². The third-order valence-electron chi connectivity index (χ3n) is 8.71. The van der Waals surface area contributed by atoms with Gasteiger partial charge in [-0.2, -0.15) is 5.21 Å². The van der Waals surface area contributed by atoms with E-state index in [2.05, 4.69) is 31.0 Å². The molecule has 0 bridgehead atoms. The normalized spacial score (nSPS) is 11.5. The topological polar surface area (TPSA) is 269 Å². The summed E-state index contributed by atoms with van der Waals surface area (Å²) in [5.41, 5.74) is 15.1. The van der Waals surface area contributed by atoms with E-state index in [9.17, 15) is 9.59 Å². The summed E-state index contributed by atoms with van der Waals surface area (Å²) in [6.07, 6.45) is 0. The van der Waals surface area contributed by atoms with Gasteiger partial charge in [0.15, 0.2) is 17.3 Å². The molecule has 0 fully saturated rings. The largest absolute Gasteiger partial charge is 0.494 e. The molecule has 0 aliphatic rings. The molecule has 54 heavy (non-hydrogen) atoms. The summed E-state index contributed by atoms with van der Waals surface area (Å²) < 4.78 is 15.1. The number of ether oxygens (including phenoxy) is 2. The van der Waals surface area contributed by atoms with Crippen LogP contribution in [0.15, 0.2) is 71.0 Å². The number of nitrogens with two attached hydrogens (primary N) is 3. The van der Waals surface area contributed by atoms with Crippen LogP contribution in [0, 0.1) is 5.41 Å². The van der Waals surface area contributed by atoms with Crippen molar-refractivity contribution in [3.8, 4) is 45.7 Å². The zero-order chi connectivity index (χ0) is 38.3. The number of rotatable bonds is 11. The smallest absolute Gasteiger partial charge is 0.252 e. The lowest BCUT2D eigenvalue weighted by molar-refractivity contribution is 0.0989. The summed E-state index contributed by atoms with van der Waals surface area (Å²) in [7, 11) is 2.83. The summed E-state index contributed by atoms with van der Waals surface area (Å²) in [4.78, 5) is 34.8. The fraction of sp³-hybridized carbons (Fsp3) is 0.118. The van der Waals surface area contributed by atoms with Gasteiger partial charge in [0.1, 0.15) is 22.7 Å². The van der Waals surface area contributed by atoms with Crippen LogP contribution >= 0.6 is 23.2 Å². The van der Waals surface area contributed by atoms with Gasteiger partial charge in [0.2, 0.25) is 5.82 Å². The van der Waals surface area contributed by atoms with E-state index in [0.717, 1.165) is 0 Å². The van der Waals surface area contributed by atoms with Crippen molar-refractivity contribution in [2.45, 2.75) is 13.1 Å². The zero-order valence-corrected chi connectivity index (χ0v) is 29.8. The first-order valence-electron chi connectivity index (χ1n) is 15.8. The van der Waals surface area contributed by atoms with Crippen LogP contribution in [0.25, 0.3) is 56.2 Å². The van der Waals surface area contributed by atoms with Gasteiger partial charge in [-0.15, -0.1) is 15.3 Å². The lowest BCUT2D eigenvalue weighted by Crippen LogP contribution is -2.13. The van der Waals surface area contributed by atoms with Crippen molar-refractivity contribution < 1.29 is 19.1 Å². The minimum Gasteiger partial charge on any atom is -0.494 e. The number of imidazole rings is 2. The molecule has 3 aromatic heterocycles. The number of nitrogens with zero attached hydrogens (tertiary/aromatic N) is 9. The maximum absolute atomic E-state index is 12.4. The maximum atomic E-state index is 12.4. The molecule has 0 spiro atoms. The molecule has 4 aromatic carbocycles. The molecule has 0 radical (unpaired) electrons. The molecular formula is C34H28Cl2N14O4. The molecule has 20 heteroatoms. The number of halogens is 2. The number of tetrazole rings is 1. The van der Waals surface area contributed by atoms with E-state index in [-0.39, 0.29) is 58.0 Å². The third-order valence-corrected chi connectivity index (χ3v) is 9.34. The second-order valence-electron chi connectivity index (χ2n) is 11.6. The summed E-state index contributed by atoms with van der Waals surface area (Å²) in [5.74, 6) is 4.91. The monoisotopic (exact) mass is 766 g/mol. The van der Waals surface area contributed by atoms with Crippen molar-refractivity contribution in [1.29, 1.82) is 5.41 Å². The third kappa shape index (κ3) is 5.88. The number of carbonyl (C=O) groups excluding carboxylic acids is 2. The first-order chi connectivity index (χ1) is 26.1. The SMILES string of the molecule is COc1c(C(N)=O)ccc2c1nc(-c1cccc(Cl)c1C(=N)N=NN)n2CCn1c(-c2cccc(Cl)c2-c2nn[nH]n2)nc2c(OC)c(C(N)=O)ccc21. The molecule has 0 saturated carbocycles. The number of methoxy groups -OCH3 is 2. The molecule has 3 heterocycles. The summed E-state index contributed by atoms with van der Waals surface area (Å²) in [6, 6.07) is 16.8. The highest BCUT2D eigenvalue weighted by Gasteiger charge is 2.27. The molecule has 18 nitrogen and oxygen atoms in total. The highest BCUT2D eigenvalue weighted by molar-refractivity contribution is 6.35. The number of primary amides is 2. The summed E-state index contributed by atoms with van der Waals surface area (Å²) in [5, 5.41) is 30.7. The zero-order valence-electron chi connectivity index (χ0n) is 28.3. The molecular weight excluding hydrogens is 739 g/mol. The molecule has 0 saturated heterocycles. The van der Waals surface area contributed by atoms with Gasteiger partial charge in [0.25, 0.3) is 11.8 Å². The Morgan fingerprint density at radius 2 is 1.35 bits per heavy atom. The second kappa shape index (κ2) is 14.2. The van der Waals surface area contributed by atoms with Crippen molar-refractivity contribution in [2.24, 2.45) is 27.6 Å². The first kappa shape index (κ1) is 35.5. The van der Waals surface area contributed by atoms with Crippen molar-refractivity contribution in [1.82, 2.24) is 39.7 Å². The number of carbonyl (C=O) groups is 2. The number of amidine groups is 1. The maximum Gasteiger partial charge on any atom is 0.252 e. The Morgan fingerprint density at radius 1 is 0.815 bits per heavy atom. The number of hydrogen-bond acceptors (Lipinski definition) is 11. The fourth-order valence-corrected chi connectivity index (χ4v) is 6.99. The van der Waals surface area contributed by atoms with Gasteiger partial charge in [-0.3, -0.25) is 15.0 Å². The van der Waals surface area contributed by atoms with E-state index in [1.807, 2.05) is 9.13 Å². The van der Waals surface area contributed by atoms with Crippen molar-refractivity contribution in [3.05, 3.63) is 87.4 Å². The Morgan fingerprint density at radius 3 is 1.85 bits per heavy atom. The van der Waals surface area contributed by atoms with E-state index in [1.54, 1.807) is 60.7 Å². The van der Waals surface area contributed by atoms with Gasteiger partial charge in [0.05, 0.1) is 57.6 Å². The van der Waals surface area contributed by atoms with Crippen LogP contribution in [-0.2, 0) is 13.1 Å². The van der Waals surface area contributed by atoms with Crippen LogP contribution in [0.4, 0.5) is 0 Å². The Kier molecular flexibility index (Phi) is 9.36. The molecule has 7 rings (SSSR count). The highest BCUT2D eigenvalue weighted by atomic mass is 35.5. The number of nitrogens with one attached hydrogen (secondary N) is 2. The number of aromatic amines is 1. The summed E-state index contributed by atoms with van der Waals surface area (Å²) in [6.45, 7) is 0.399. The standard InChI is InChI=1S/C34H28Cl2N14O4/c1-53-27-17(30(38)51)9-11-21-25(27)41-33(15-5-3-7-19(35)23(15)29(37)43-46-40)49(21)13-14-50-22-12-10-18(31(39)52)28(54-2)26(22)42-34(50)16-6-4-8-20(36)24(16)32-44-47-48-45-32/h3-12H,13-14H2,1-2H3,(H2,38,51)(H2,39,52)(H3,37,40,43)(H,44,45,47,48). The second-order valence-corrected chi connectivity index (χ2v) is 12.4. The first-order valence-corrected chi connectivity index (χ1v) is 16.6. The minimum absolute atomic E-state index is 0.118. The van der Waals surface area contributed by atoms with Gasteiger partial charge in [-0.1, -0.05) is 52.7 Å². The molecule has 7 aromatic rings. The van der Waals surface area contributed by atoms with Crippen molar-refractivity contribution in [2.75, 3.05) is 14.2 Å². The van der Waals surface area contributed by atoms with Gasteiger partial charge < -0.3 is 35.9 Å². The van der Waals surface area contributed by atoms with Gasteiger partial charge in [-0.05, 0) is 41.6 Å². The molecule has 0 aliphatic carbocycles. The van der Waals surface area contributed by atoms with Crippen LogP contribution in [-0.4, -0.2) is 71.6 Å². The van der Waals surface area contributed by atoms with Crippen LogP contribution < -0.4 is 26.8 Å². The predicted molar refractivity (Wildman–Crippen MR) is 200 cm³/mol. The van der Waals surface area contributed by atoms with Crippen LogP contribution in [0.3, 0.4) is 0 Å². The van der Waals surface area contributed by atoms with Gasteiger partial charge in [0, 0.05) is 24.2 Å². The minimum atomic E-state index is -0.712. The number of hydrogen-bond donors (Lipinski definition) is 5. The molecule has 0 aliphatic heterocycles. The Balaban J connectivity index is 1.50. The molecule has 0 unspecified atom stereocenters. The van der Waals surface area contributed by atoms with Crippen molar-refractivity contribution in [3.63, 3.8) is 0 Å². The van der Waals surface area contributed by atoms with E-state index in [4.69, 9.17) is 65.4 Å². The number of H-pyrrole nitrogens is 1. The molecule has 0 atom stereocenters. The number of aryl methyl sites for hydroxylation is 2. The van der Waals surface area contributed by atoms with Crippen LogP contribution in [0.2, 0.25) is 10.0 Å². The van der Waals surface area contributed by atoms with Crippen LogP contribution in [0.1, 0.15) is 26.3 Å². The molecule has 272 valence electrons. The Hall–Kier alpha value is -6.92. The highest BCUT2D eigenvalue weighted by Crippen LogP contribution is 2.40. The predicted octanol–water partition coefficient (Wildman–Crippen LogP) is 4.77. The number of benzene rings is 4. The van der Waals surface area contributed by atoms with E-state index < -0.39 is 11.8 Å². The van der Waals surface area contributed by atoms with E-state index in [1.165, 1.54) is 14.2 Å². The fourth-order valence-electron chi connectivity index (χ4n) is 6.46. The number of amides is 2. The lowest BCUT2D eigenvalue weighted by Gasteiger charge is -2.16. The lowest BCUT2D eigenvalue weighted by atomic mass is 10.1. The average Bonchev–Trinajstić information content (AvgIpc) is 3.90. The van der Waals surface area contributed by atoms with Crippen LogP contribution in [0.5, 0.6) is 11.5 Å². The average molecular weight is 768 g/mol. The molecule has 2 amide bonds. The Bertz CT molecular complexity index is 2670. The van der Waals surface area contributed by atoms with Crippen molar-refractivity contribution >= 4 is 62.9 Å². The Labute approximate surface area is 314 Å². The number of fused-ring (bicyclic) bond motifs is 2. The molecule has 8 N–H and O–H groups in total.